The normalized spacial score (nSPS) is 20.5. The first-order valence-corrected chi connectivity index (χ1v) is 25.1. The Labute approximate surface area is 280 Å². The molecule has 10 nitrogen and oxygen atoms in total. The van der Waals surface area contributed by atoms with Gasteiger partial charge in [-0.05, 0) is 58.5 Å². The van der Waals surface area contributed by atoms with Gasteiger partial charge in [0.1, 0.15) is 24.9 Å². The summed E-state index contributed by atoms with van der Waals surface area (Å²) in [5.74, 6) is 1.13. The van der Waals surface area contributed by atoms with Crippen LogP contribution in [0.1, 0.15) is 58.1 Å². The van der Waals surface area contributed by atoms with Gasteiger partial charge in [-0.2, -0.15) is 9.61 Å². The van der Waals surface area contributed by atoms with Gasteiger partial charge in [-0.15, -0.1) is 11.3 Å². The van der Waals surface area contributed by atoms with Crippen molar-refractivity contribution in [3.05, 3.63) is 29.7 Å². The highest BCUT2D eigenvalue weighted by atomic mass is 32.1. The zero-order valence-electron chi connectivity index (χ0n) is 29.3. The fourth-order valence-electron chi connectivity index (χ4n) is 6.23. The third-order valence-corrected chi connectivity index (χ3v) is 13.0. The van der Waals surface area contributed by atoms with Crippen LogP contribution in [0.5, 0.6) is 0 Å². The Bertz CT molecular complexity index is 1430. The molecule has 0 spiro atoms. The number of rotatable bonds is 13. The highest BCUT2D eigenvalue weighted by Gasteiger charge is 2.45. The fourth-order valence-corrected chi connectivity index (χ4v) is 8.37. The number of ether oxygens (including phenoxy) is 3. The monoisotopic (exact) mass is 686 g/mol. The van der Waals surface area contributed by atoms with Gasteiger partial charge in [0, 0.05) is 65.3 Å². The first kappa shape index (κ1) is 35.0. The van der Waals surface area contributed by atoms with Gasteiger partial charge in [-0.1, -0.05) is 39.3 Å². The van der Waals surface area contributed by atoms with E-state index < -0.39 is 21.7 Å². The number of carbonyl (C=O) groups is 1. The average molecular weight is 687 g/mol. The summed E-state index contributed by atoms with van der Waals surface area (Å²) in [5, 5.41) is 4.85. The van der Waals surface area contributed by atoms with Gasteiger partial charge in [0.2, 0.25) is 0 Å². The van der Waals surface area contributed by atoms with Crippen LogP contribution in [0.2, 0.25) is 51.4 Å². The van der Waals surface area contributed by atoms with E-state index in [9.17, 15) is 4.79 Å². The summed E-state index contributed by atoms with van der Waals surface area (Å²) >= 11 is 1.59. The molecule has 0 unspecified atom stereocenters. The average Bonchev–Trinajstić information content (AvgIpc) is 3.67. The molecule has 5 rings (SSSR count). The largest absolute Gasteiger partial charge is 0.444 e. The molecule has 0 aliphatic carbocycles. The summed E-state index contributed by atoms with van der Waals surface area (Å²) < 4.78 is 20.4. The first-order valence-electron chi connectivity index (χ1n) is 16.8. The SMILES string of the molecule is CC(C)(C)OC(=O)N1[C@@H]2CC[C@H]1C[C@H](c1cc(N(COCC[Si](C)(C)C)COCC[Si](C)(C)C)n3ncc(-c4cncs4)c3n1)C2. The maximum Gasteiger partial charge on any atom is 0.410 e. The lowest BCUT2D eigenvalue weighted by Gasteiger charge is -2.39. The molecule has 2 bridgehead atoms. The van der Waals surface area contributed by atoms with E-state index in [0.717, 1.165) is 78.6 Å². The highest BCUT2D eigenvalue weighted by Crippen LogP contribution is 2.44. The molecule has 254 valence electrons. The van der Waals surface area contributed by atoms with Crippen molar-refractivity contribution in [2.75, 3.05) is 31.6 Å². The number of nitrogens with zero attached hydrogens (tertiary/aromatic N) is 6. The Morgan fingerprint density at radius 3 is 2.11 bits per heavy atom. The summed E-state index contributed by atoms with van der Waals surface area (Å²) in [7, 11) is -2.47. The van der Waals surface area contributed by atoms with Crippen molar-refractivity contribution in [2.45, 2.75) is 121 Å². The van der Waals surface area contributed by atoms with E-state index in [0.29, 0.717) is 13.5 Å². The maximum atomic E-state index is 13.2. The topological polar surface area (TPSA) is 94.3 Å². The lowest BCUT2D eigenvalue weighted by atomic mass is 9.88. The van der Waals surface area contributed by atoms with Gasteiger partial charge < -0.3 is 24.0 Å². The molecule has 2 aliphatic rings. The van der Waals surface area contributed by atoms with Crippen molar-refractivity contribution in [3.63, 3.8) is 0 Å². The van der Waals surface area contributed by atoms with Crippen LogP contribution in [0.15, 0.2) is 24.0 Å². The van der Waals surface area contributed by atoms with Crippen molar-refractivity contribution < 1.29 is 19.0 Å². The third-order valence-electron chi connectivity index (χ3n) is 8.74. The minimum absolute atomic E-state index is 0.150. The molecule has 0 aromatic carbocycles. The second-order valence-electron chi connectivity index (χ2n) is 16.4. The Kier molecular flexibility index (Phi) is 10.7. The number of thiazole rings is 1. The van der Waals surface area contributed by atoms with E-state index in [1.54, 1.807) is 11.3 Å². The lowest BCUT2D eigenvalue weighted by Crippen LogP contribution is -2.48. The number of hydrogen-bond acceptors (Lipinski definition) is 9. The molecule has 46 heavy (non-hydrogen) atoms. The molecule has 0 saturated carbocycles. The number of carbonyl (C=O) groups excluding carboxylic acids is 1. The molecule has 13 heteroatoms. The zero-order chi connectivity index (χ0) is 33.3. The predicted octanol–water partition coefficient (Wildman–Crippen LogP) is 7.93. The van der Waals surface area contributed by atoms with Crippen LogP contribution < -0.4 is 4.90 Å². The van der Waals surface area contributed by atoms with Gasteiger partial charge in [-0.3, -0.25) is 4.98 Å². The number of hydrogen-bond donors (Lipinski definition) is 0. The molecule has 0 radical (unpaired) electrons. The van der Waals surface area contributed by atoms with E-state index in [4.69, 9.17) is 24.3 Å². The minimum atomic E-state index is -1.24. The van der Waals surface area contributed by atoms with Crippen molar-refractivity contribution >= 4 is 45.0 Å². The Morgan fingerprint density at radius 2 is 1.59 bits per heavy atom. The molecule has 2 aliphatic heterocycles. The van der Waals surface area contributed by atoms with E-state index in [1.165, 1.54) is 0 Å². The molecule has 0 N–H and O–H groups in total. The summed E-state index contributed by atoms with van der Waals surface area (Å²) in [6.07, 6.45) is 7.30. The van der Waals surface area contributed by atoms with Crippen LogP contribution in [0, 0.1) is 0 Å². The number of fused-ring (bicyclic) bond motifs is 3. The quantitative estimate of drug-likeness (QED) is 0.102. The summed E-state index contributed by atoms with van der Waals surface area (Å²) in [5.41, 5.74) is 4.15. The number of aromatic nitrogens is 4. The maximum absolute atomic E-state index is 13.2. The molecule has 2 saturated heterocycles. The smallest absolute Gasteiger partial charge is 0.410 e. The van der Waals surface area contributed by atoms with Gasteiger partial charge in [0.05, 0.1) is 22.1 Å². The standard InChI is InChI=1S/C33H54N6O4SSi2/c1-33(2,3)43-32(40)38-25-10-11-26(38)17-24(16-25)28-18-30(39-31(36-28)27(19-35-39)29-20-34-21-44-29)37(22-41-12-14-45(4,5)6)23-42-13-15-46(7,8)9/h18-21,24-26H,10-17,22-23H2,1-9H3/t24-,25-,26+. The minimum Gasteiger partial charge on any atom is -0.444 e. The van der Waals surface area contributed by atoms with Crippen LogP contribution >= 0.6 is 11.3 Å². The molecule has 2 fully saturated rings. The van der Waals surface area contributed by atoms with E-state index in [2.05, 4.69) is 55.2 Å². The van der Waals surface area contributed by atoms with E-state index in [-0.39, 0.29) is 24.1 Å². The van der Waals surface area contributed by atoms with Crippen molar-refractivity contribution in [1.29, 1.82) is 0 Å². The van der Waals surface area contributed by atoms with Crippen LogP contribution in [0.3, 0.4) is 0 Å². The molecule has 3 aromatic rings. The van der Waals surface area contributed by atoms with Gasteiger partial charge in [-0.25, -0.2) is 9.78 Å². The van der Waals surface area contributed by atoms with Crippen LogP contribution in [-0.4, -0.2) is 91.1 Å². The van der Waals surface area contributed by atoms with Gasteiger partial charge in [0.25, 0.3) is 0 Å². The zero-order valence-corrected chi connectivity index (χ0v) is 32.2. The predicted molar refractivity (Wildman–Crippen MR) is 191 cm³/mol. The van der Waals surface area contributed by atoms with Crippen LogP contribution in [0.25, 0.3) is 16.1 Å². The Hall–Kier alpha value is -2.33. The van der Waals surface area contributed by atoms with E-state index >= 15 is 0 Å². The third kappa shape index (κ3) is 8.97. The fraction of sp³-hybridized carbons (Fsp3) is 0.697. The lowest BCUT2D eigenvalue weighted by molar-refractivity contribution is 0.00569. The highest BCUT2D eigenvalue weighted by molar-refractivity contribution is 7.13. The van der Waals surface area contributed by atoms with Crippen molar-refractivity contribution in [1.82, 2.24) is 24.5 Å². The van der Waals surface area contributed by atoms with Crippen molar-refractivity contribution in [2.24, 2.45) is 0 Å². The number of piperidine rings is 1. The number of amides is 1. The molecule has 3 atom stereocenters. The molecule has 5 heterocycles. The summed E-state index contributed by atoms with van der Waals surface area (Å²) in [4.78, 5) is 28.0. The van der Waals surface area contributed by atoms with Crippen molar-refractivity contribution in [3.8, 4) is 10.4 Å². The van der Waals surface area contributed by atoms with Gasteiger partial charge in [0.15, 0.2) is 5.65 Å². The summed E-state index contributed by atoms with van der Waals surface area (Å²) in [6.45, 7) is 22.3. The van der Waals surface area contributed by atoms with E-state index in [1.807, 2.05) is 48.1 Å². The number of anilines is 1. The summed E-state index contributed by atoms with van der Waals surface area (Å²) in [6, 6.07) is 4.69. The second-order valence-corrected chi connectivity index (χ2v) is 28.5. The Morgan fingerprint density at radius 1 is 0.978 bits per heavy atom. The van der Waals surface area contributed by atoms with Gasteiger partial charge >= 0.3 is 6.09 Å². The van der Waals surface area contributed by atoms with Crippen LogP contribution in [-0.2, 0) is 14.2 Å². The molecular weight excluding hydrogens is 633 g/mol. The second kappa shape index (κ2) is 14.0. The van der Waals surface area contributed by atoms with Crippen LogP contribution in [0.4, 0.5) is 10.6 Å². The molecule has 3 aromatic heterocycles. The molecule has 1 amide bonds. The Balaban J connectivity index is 1.47. The first-order chi connectivity index (χ1) is 21.6. The molecular formula is C33H54N6O4SSi2.